The standard InChI is InChI=1S/C24H26N6O2S.C2HF3O2/c1-15-9-19(10-16(2)27-15)22-21(18-6-4-5-17(11-18)12-25)28-23(33-22)29-24(31)30(3)14-20-13-26-7-8-32-20;3-2(4,5)1(6)7/h4-6,9-11,20,26H,7-8,13-14H2,1-3H3,(H,28,29,31);(H,6,7). The zero-order chi connectivity index (χ0) is 29.4. The molecule has 0 spiro atoms. The van der Waals surface area contributed by atoms with E-state index in [0.29, 0.717) is 23.8 Å². The zero-order valence-corrected chi connectivity index (χ0v) is 22.7. The summed E-state index contributed by atoms with van der Waals surface area (Å²) in [5.41, 5.74) is 4.89. The smallest absolute Gasteiger partial charge is 0.475 e. The second-order valence-electron chi connectivity index (χ2n) is 8.84. The number of hydrogen-bond donors (Lipinski definition) is 3. The molecule has 10 nitrogen and oxygen atoms in total. The first kappa shape index (κ1) is 30.5. The number of morpholine rings is 1. The van der Waals surface area contributed by atoms with E-state index in [1.165, 1.54) is 11.3 Å². The molecule has 212 valence electrons. The van der Waals surface area contributed by atoms with Crippen LogP contribution in [0.1, 0.15) is 17.0 Å². The number of nitrogens with one attached hydrogen (secondary N) is 2. The molecule has 4 rings (SSSR count). The molecule has 3 aromatic rings. The summed E-state index contributed by atoms with van der Waals surface area (Å²) in [6.45, 7) is 6.58. The second kappa shape index (κ2) is 13.3. The minimum atomic E-state index is -5.08. The number of aromatic nitrogens is 2. The first-order chi connectivity index (χ1) is 18.9. The van der Waals surface area contributed by atoms with Crippen molar-refractivity contribution in [2.45, 2.75) is 26.1 Å². The lowest BCUT2D eigenvalue weighted by molar-refractivity contribution is -0.192. The van der Waals surface area contributed by atoms with Crippen molar-refractivity contribution in [1.82, 2.24) is 20.2 Å². The first-order valence-corrected chi connectivity index (χ1v) is 12.8. The summed E-state index contributed by atoms with van der Waals surface area (Å²) in [5, 5.41) is 23.2. The lowest BCUT2D eigenvalue weighted by atomic mass is 10.0. The van der Waals surface area contributed by atoms with Crippen LogP contribution in [0, 0.1) is 25.2 Å². The van der Waals surface area contributed by atoms with Crippen molar-refractivity contribution in [1.29, 1.82) is 5.26 Å². The Morgan fingerprint density at radius 2 is 1.90 bits per heavy atom. The molecule has 1 aliphatic heterocycles. The SMILES string of the molecule is Cc1cc(-c2sc(NC(=O)N(C)CC3CNCCO3)nc2-c2cccc(C#N)c2)cc(C)n1.O=C(O)C(F)(F)F. The average molecular weight is 577 g/mol. The van der Waals surface area contributed by atoms with Gasteiger partial charge in [0.25, 0.3) is 0 Å². The molecule has 3 N–H and O–H groups in total. The van der Waals surface area contributed by atoms with Crippen LogP contribution in [0.3, 0.4) is 0 Å². The van der Waals surface area contributed by atoms with Gasteiger partial charge in [-0.3, -0.25) is 10.3 Å². The molecule has 0 bridgehead atoms. The Morgan fingerprint density at radius 1 is 1.23 bits per heavy atom. The van der Waals surface area contributed by atoms with Crippen LogP contribution in [0.25, 0.3) is 21.7 Å². The van der Waals surface area contributed by atoms with Gasteiger partial charge in [-0.25, -0.2) is 14.6 Å². The lowest BCUT2D eigenvalue weighted by Gasteiger charge is -2.27. The molecule has 1 atom stereocenters. The fraction of sp³-hybridized carbons (Fsp3) is 0.346. The molecule has 1 fully saturated rings. The van der Waals surface area contributed by atoms with Crippen LogP contribution in [0.2, 0.25) is 0 Å². The number of amides is 2. The maximum absolute atomic E-state index is 12.8. The number of carbonyl (C=O) groups is 2. The number of thiazole rings is 1. The number of alkyl halides is 3. The lowest BCUT2D eigenvalue weighted by Crippen LogP contribution is -2.46. The summed E-state index contributed by atoms with van der Waals surface area (Å²) in [4.78, 5) is 33.5. The summed E-state index contributed by atoms with van der Waals surface area (Å²) >= 11 is 1.41. The largest absolute Gasteiger partial charge is 0.490 e. The number of anilines is 1. The average Bonchev–Trinajstić information content (AvgIpc) is 3.32. The van der Waals surface area contributed by atoms with Crippen LogP contribution in [0.4, 0.5) is 23.1 Å². The van der Waals surface area contributed by atoms with Gasteiger partial charge < -0.3 is 20.1 Å². The van der Waals surface area contributed by atoms with Gasteiger partial charge in [0.1, 0.15) is 0 Å². The van der Waals surface area contributed by atoms with E-state index in [9.17, 15) is 23.2 Å². The number of nitriles is 1. The molecular formula is C26H27F3N6O4S. The third kappa shape index (κ3) is 8.47. The zero-order valence-electron chi connectivity index (χ0n) is 21.9. The van der Waals surface area contributed by atoms with E-state index in [2.05, 4.69) is 21.7 Å². The summed E-state index contributed by atoms with van der Waals surface area (Å²) in [5.74, 6) is -2.76. The molecule has 2 aromatic heterocycles. The molecule has 14 heteroatoms. The van der Waals surface area contributed by atoms with Crippen molar-refractivity contribution in [2.75, 3.05) is 38.6 Å². The number of pyridine rings is 1. The van der Waals surface area contributed by atoms with Gasteiger partial charge in [0, 0.05) is 43.6 Å². The Hall–Kier alpha value is -4.06. The number of hydrogen-bond acceptors (Lipinski definition) is 8. The van der Waals surface area contributed by atoms with E-state index < -0.39 is 12.1 Å². The number of urea groups is 1. The van der Waals surface area contributed by atoms with Crippen LogP contribution >= 0.6 is 11.3 Å². The minimum Gasteiger partial charge on any atom is -0.475 e. The van der Waals surface area contributed by atoms with Crippen molar-refractivity contribution < 1.29 is 32.6 Å². The molecule has 1 aliphatic rings. The number of carboxylic acids is 1. The third-order valence-electron chi connectivity index (χ3n) is 5.52. The molecule has 0 aliphatic carbocycles. The minimum absolute atomic E-state index is 0.0339. The maximum Gasteiger partial charge on any atom is 0.490 e. The molecule has 2 amide bonds. The van der Waals surface area contributed by atoms with Crippen LogP contribution in [-0.4, -0.2) is 77.5 Å². The number of ether oxygens (including phenoxy) is 1. The summed E-state index contributed by atoms with van der Waals surface area (Å²) in [6, 6.07) is 13.3. The van der Waals surface area contributed by atoms with Crippen molar-refractivity contribution in [2.24, 2.45) is 0 Å². The van der Waals surface area contributed by atoms with E-state index in [4.69, 9.17) is 19.6 Å². The highest BCUT2D eigenvalue weighted by Crippen LogP contribution is 2.39. The Labute approximate surface area is 232 Å². The van der Waals surface area contributed by atoms with E-state index >= 15 is 0 Å². The van der Waals surface area contributed by atoms with Crippen LogP contribution in [0.5, 0.6) is 0 Å². The van der Waals surface area contributed by atoms with Gasteiger partial charge in [0.2, 0.25) is 0 Å². The number of carbonyl (C=O) groups excluding carboxylic acids is 1. The maximum atomic E-state index is 12.8. The predicted octanol–water partition coefficient (Wildman–Crippen LogP) is 4.45. The van der Waals surface area contributed by atoms with E-state index in [1.54, 1.807) is 18.0 Å². The number of halogens is 3. The number of rotatable bonds is 5. The van der Waals surface area contributed by atoms with Crippen molar-refractivity contribution >= 4 is 28.5 Å². The first-order valence-electron chi connectivity index (χ1n) is 12.0. The number of carboxylic acid groups (broad SMARTS) is 1. The number of likely N-dealkylation sites (N-methyl/N-ethyl adjacent to an activating group) is 1. The molecule has 3 heterocycles. The Morgan fingerprint density at radius 3 is 2.48 bits per heavy atom. The van der Waals surface area contributed by atoms with Crippen LogP contribution in [0.15, 0.2) is 36.4 Å². The van der Waals surface area contributed by atoms with Gasteiger partial charge in [-0.15, -0.1) is 0 Å². The van der Waals surface area contributed by atoms with E-state index in [1.807, 2.05) is 44.2 Å². The van der Waals surface area contributed by atoms with Crippen LogP contribution < -0.4 is 10.6 Å². The summed E-state index contributed by atoms with van der Waals surface area (Å²) < 4.78 is 37.4. The highest BCUT2D eigenvalue weighted by molar-refractivity contribution is 7.19. The van der Waals surface area contributed by atoms with Crippen molar-refractivity contribution in [3.8, 4) is 27.8 Å². The third-order valence-corrected chi connectivity index (χ3v) is 6.54. The fourth-order valence-electron chi connectivity index (χ4n) is 3.78. The quantitative estimate of drug-likeness (QED) is 0.405. The van der Waals surface area contributed by atoms with Crippen molar-refractivity contribution in [3.05, 3.63) is 53.3 Å². The molecule has 0 saturated carbocycles. The topological polar surface area (TPSA) is 140 Å². The predicted molar refractivity (Wildman–Crippen MR) is 143 cm³/mol. The van der Waals surface area contributed by atoms with E-state index in [-0.39, 0.29) is 12.1 Å². The van der Waals surface area contributed by atoms with E-state index in [0.717, 1.165) is 46.2 Å². The Kier molecular flexibility index (Phi) is 10.2. The normalized spacial score (nSPS) is 14.9. The molecule has 1 saturated heterocycles. The highest BCUT2D eigenvalue weighted by Gasteiger charge is 2.38. The van der Waals surface area contributed by atoms with Crippen LogP contribution in [-0.2, 0) is 9.53 Å². The second-order valence-corrected chi connectivity index (χ2v) is 9.84. The van der Waals surface area contributed by atoms with Gasteiger partial charge in [-0.05, 0) is 43.7 Å². The number of aliphatic carboxylic acids is 1. The Bertz CT molecular complexity index is 1380. The van der Waals surface area contributed by atoms with Crippen molar-refractivity contribution in [3.63, 3.8) is 0 Å². The molecular weight excluding hydrogens is 549 g/mol. The molecule has 1 unspecified atom stereocenters. The molecule has 1 aromatic carbocycles. The van der Waals surface area contributed by atoms with Gasteiger partial charge in [0.15, 0.2) is 5.13 Å². The molecule has 40 heavy (non-hydrogen) atoms. The molecule has 0 radical (unpaired) electrons. The number of benzene rings is 1. The summed E-state index contributed by atoms with van der Waals surface area (Å²) in [6.07, 6.45) is -5.12. The fourth-order valence-corrected chi connectivity index (χ4v) is 4.74. The van der Waals surface area contributed by atoms with Gasteiger partial charge >= 0.3 is 18.2 Å². The van der Waals surface area contributed by atoms with Gasteiger partial charge in [-0.2, -0.15) is 18.4 Å². The monoisotopic (exact) mass is 576 g/mol. The van der Waals surface area contributed by atoms with Gasteiger partial charge in [0.05, 0.1) is 34.9 Å². The van der Waals surface area contributed by atoms with Gasteiger partial charge in [-0.1, -0.05) is 23.5 Å². The number of nitrogens with zero attached hydrogens (tertiary/aromatic N) is 4. The summed E-state index contributed by atoms with van der Waals surface area (Å²) in [7, 11) is 1.74. The highest BCUT2D eigenvalue weighted by atomic mass is 32.1. The Balaban J connectivity index is 0.000000559. The number of aryl methyl sites for hydroxylation is 2.